The Bertz CT molecular complexity index is 593. The van der Waals surface area contributed by atoms with Crippen LogP contribution >= 0.6 is 15.9 Å². The van der Waals surface area contributed by atoms with Gasteiger partial charge < -0.3 is 14.8 Å². The quantitative estimate of drug-likeness (QED) is 0.840. The molecule has 0 spiro atoms. The molecule has 0 aliphatic rings. The van der Waals surface area contributed by atoms with Gasteiger partial charge >= 0.3 is 0 Å². The Morgan fingerprint density at radius 2 is 2.10 bits per heavy atom. The van der Waals surface area contributed by atoms with Gasteiger partial charge in [-0.15, -0.1) is 0 Å². The van der Waals surface area contributed by atoms with Crippen molar-refractivity contribution in [3.05, 3.63) is 58.5 Å². The fourth-order valence-electron chi connectivity index (χ4n) is 1.98. The molecule has 1 aromatic carbocycles. The number of benzene rings is 1. The van der Waals surface area contributed by atoms with Crippen molar-refractivity contribution in [2.24, 2.45) is 0 Å². The summed E-state index contributed by atoms with van der Waals surface area (Å²) in [5.41, 5.74) is -0.114. The Labute approximate surface area is 132 Å². The molecule has 2 rings (SSSR count). The first-order chi connectivity index (χ1) is 9.99. The maximum Gasteiger partial charge on any atom is 0.220 e. The third-order valence-electron chi connectivity index (χ3n) is 3.26. The van der Waals surface area contributed by atoms with Crippen molar-refractivity contribution in [2.75, 3.05) is 6.54 Å². The first-order valence-corrected chi connectivity index (χ1v) is 7.55. The molecule has 2 N–H and O–H groups in total. The Hall–Kier alpha value is -1.59. The standard InChI is InChI=1S/C16H18BrNO3/c1-16(20,14-7-4-10-21-14)11-18-15(19)9-8-12-5-2-3-6-13(12)17/h2-7,10,20H,8-9,11H2,1H3,(H,18,19)/t16-/m0/s1. The van der Waals surface area contributed by atoms with Crippen molar-refractivity contribution in [1.29, 1.82) is 0 Å². The van der Waals surface area contributed by atoms with E-state index in [9.17, 15) is 9.90 Å². The molecule has 0 fully saturated rings. The van der Waals surface area contributed by atoms with E-state index in [1.165, 1.54) is 6.26 Å². The van der Waals surface area contributed by atoms with Crippen LogP contribution in [0.5, 0.6) is 0 Å². The minimum atomic E-state index is -1.20. The summed E-state index contributed by atoms with van der Waals surface area (Å²) >= 11 is 3.46. The van der Waals surface area contributed by atoms with Crippen LogP contribution in [-0.4, -0.2) is 17.6 Å². The van der Waals surface area contributed by atoms with Crippen LogP contribution in [0.3, 0.4) is 0 Å². The van der Waals surface area contributed by atoms with E-state index in [0.29, 0.717) is 18.6 Å². The van der Waals surface area contributed by atoms with Gasteiger partial charge in [0.05, 0.1) is 12.8 Å². The largest absolute Gasteiger partial charge is 0.466 e. The lowest BCUT2D eigenvalue weighted by molar-refractivity contribution is -0.122. The van der Waals surface area contributed by atoms with Crippen LogP contribution in [0, 0.1) is 0 Å². The summed E-state index contributed by atoms with van der Waals surface area (Å²) in [6, 6.07) is 11.2. The van der Waals surface area contributed by atoms with Gasteiger partial charge in [0.25, 0.3) is 0 Å². The minimum Gasteiger partial charge on any atom is -0.466 e. The Morgan fingerprint density at radius 3 is 2.76 bits per heavy atom. The second-order valence-electron chi connectivity index (χ2n) is 5.12. The van der Waals surface area contributed by atoms with E-state index in [1.54, 1.807) is 19.1 Å². The third kappa shape index (κ3) is 4.44. The number of carbonyl (C=O) groups is 1. The van der Waals surface area contributed by atoms with Gasteiger partial charge in [-0.1, -0.05) is 34.1 Å². The van der Waals surface area contributed by atoms with E-state index >= 15 is 0 Å². The molecule has 4 nitrogen and oxygen atoms in total. The van der Waals surface area contributed by atoms with Crippen molar-refractivity contribution in [3.8, 4) is 0 Å². The number of aliphatic hydroxyl groups is 1. The molecule has 1 amide bonds. The summed E-state index contributed by atoms with van der Waals surface area (Å²) in [5.74, 6) is 0.339. The molecule has 0 bridgehead atoms. The Balaban J connectivity index is 1.82. The maximum atomic E-state index is 11.9. The van der Waals surface area contributed by atoms with Crippen LogP contribution in [0.1, 0.15) is 24.7 Å². The van der Waals surface area contributed by atoms with Gasteiger partial charge in [0.15, 0.2) is 0 Å². The topological polar surface area (TPSA) is 62.5 Å². The van der Waals surface area contributed by atoms with E-state index in [0.717, 1.165) is 10.0 Å². The Morgan fingerprint density at radius 1 is 1.33 bits per heavy atom. The van der Waals surface area contributed by atoms with Gasteiger partial charge in [-0.3, -0.25) is 4.79 Å². The molecule has 112 valence electrons. The second kappa shape index (κ2) is 6.91. The normalized spacial score (nSPS) is 13.7. The number of carbonyl (C=O) groups excluding carboxylic acids is 1. The molecular weight excluding hydrogens is 334 g/mol. The van der Waals surface area contributed by atoms with Crippen LogP contribution in [0.25, 0.3) is 0 Å². The fourth-order valence-corrected chi connectivity index (χ4v) is 2.46. The predicted molar refractivity (Wildman–Crippen MR) is 83.8 cm³/mol. The fraction of sp³-hybridized carbons (Fsp3) is 0.312. The molecule has 21 heavy (non-hydrogen) atoms. The van der Waals surface area contributed by atoms with E-state index < -0.39 is 5.60 Å². The van der Waals surface area contributed by atoms with Gasteiger partial charge in [-0.2, -0.15) is 0 Å². The highest BCUT2D eigenvalue weighted by Crippen LogP contribution is 2.20. The second-order valence-corrected chi connectivity index (χ2v) is 5.97. The lowest BCUT2D eigenvalue weighted by Gasteiger charge is -2.21. The van der Waals surface area contributed by atoms with Gasteiger partial charge in [0.1, 0.15) is 11.4 Å². The highest BCUT2D eigenvalue weighted by Gasteiger charge is 2.26. The number of amides is 1. The third-order valence-corrected chi connectivity index (χ3v) is 4.03. The van der Waals surface area contributed by atoms with Gasteiger partial charge in [0.2, 0.25) is 5.91 Å². The summed E-state index contributed by atoms with van der Waals surface area (Å²) in [7, 11) is 0. The molecule has 0 saturated heterocycles. The Kier molecular flexibility index (Phi) is 5.20. The average Bonchev–Trinajstić information content (AvgIpc) is 2.99. The van der Waals surface area contributed by atoms with Crippen molar-refractivity contribution < 1.29 is 14.3 Å². The van der Waals surface area contributed by atoms with Crippen molar-refractivity contribution in [1.82, 2.24) is 5.32 Å². The minimum absolute atomic E-state index is 0.0995. The first-order valence-electron chi connectivity index (χ1n) is 6.75. The molecule has 1 atom stereocenters. The number of rotatable bonds is 6. The van der Waals surface area contributed by atoms with Crippen LogP contribution in [0.2, 0.25) is 0 Å². The van der Waals surface area contributed by atoms with Crippen molar-refractivity contribution in [2.45, 2.75) is 25.4 Å². The number of hydrogen-bond donors (Lipinski definition) is 2. The van der Waals surface area contributed by atoms with Gasteiger partial charge in [0, 0.05) is 10.9 Å². The van der Waals surface area contributed by atoms with E-state index in [4.69, 9.17) is 4.42 Å². The number of aryl methyl sites for hydroxylation is 1. The monoisotopic (exact) mass is 351 g/mol. The maximum absolute atomic E-state index is 11.9. The summed E-state index contributed by atoms with van der Waals surface area (Å²) < 4.78 is 6.17. The van der Waals surface area contributed by atoms with E-state index in [1.807, 2.05) is 24.3 Å². The van der Waals surface area contributed by atoms with Gasteiger partial charge in [-0.05, 0) is 37.1 Å². The highest BCUT2D eigenvalue weighted by molar-refractivity contribution is 9.10. The summed E-state index contributed by atoms with van der Waals surface area (Å²) in [4.78, 5) is 11.9. The number of nitrogens with one attached hydrogen (secondary N) is 1. The first kappa shape index (κ1) is 15.8. The molecule has 2 aromatic rings. The zero-order valence-corrected chi connectivity index (χ0v) is 13.4. The highest BCUT2D eigenvalue weighted by atomic mass is 79.9. The van der Waals surface area contributed by atoms with Crippen LogP contribution in [0.4, 0.5) is 0 Å². The molecule has 0 aliphatic heterocycles. The average molecular weight is 352 g/mol. The lowest BCUT2D eigenvalue weighted by Crippen LogP contribution is -2.38. The lowest BCUT2D eigenvalue weighted by atomic mass is 10.0. The number of halogens is 1. The summed E-state index contributed by atoms with van der Waals surface area (Å²) in [6.45, 7) is 1.73. The SMILES string of the molecule is C[C@](O)(CNC(=O)CCc1ccccc1Br)c1ccco1. The smallest absolute Gasteiger partial charge is 0.220 e. The van der Waals surface area contributed by atoms with Crippen LogP contribution in [-0.2, 0) is 16.8 Å². The molecule has 0 unspecified atom stereocenters. The van der Waals surface area contributed by atoms with Crippen molar-refractivity contribution >= 4 is 21.8 Å². The summed E-state index contributed by atoms with van der Waals surface area (Å²) in [6.07, 6.45) is 2.52. The molecule has 1 heterocycles. The van der Waals surface area contributed by atoms with Crippen molar-refractivity contribution in [3.63, 3.8) is 0 Å². The number of furan rings is 1. The zero-order chi connectivity index (χ0) is 15.3. The van der Waals surface area contributed by atoms with Crippen LogP contribution < -0.4 is 5.32 Å². The number of hydrogen-bond acceptors (Lipinski definition) is 3. The summed E-state index contributed by atoms with van der Waals surface area (Å²) in [5, 5.41) is 13.0. The molecule has 0 radical (unpaired) electrons. The van der Waals surface area contributed by atoms with Crippen LogP contribution in [0.15, 0.2) is 51.6 Å². The predicted octanol–water partition coefficient (Wildman–Crippen LogP) is 3.00. The molecule has 0 aliphatic carbocycles. The van der Waals surface area contributed by atoms with E-state index in [-0.39, 0.29) is 12.5 Å². The zero-order valence-electron chi connectivity index (χ0n) is 11.8. The molecule has 0 saturated carbocycles. The molecule has 5 heteroatoms. The molecule has 1 aromatic heterocycles. The van der Waals surface area contributed by atoms with Gasteiger partial charge in [-0.25, -0.2) is 0 Å². The van der Waals surface area contributed by atoms with E-state index in [2.05, 4.69) is 21.2 Å². The molecular formula is C16H18BrNO3.